The van der Waals surface area contributed by atoms with Crippen LogP contribution >= 0.6 is 11.6 Å². The third kappa shape index (κ3) is 4.85. The molecule has 0 fully saturated rings. The second-order valence-electron chi connectivity index (χ2n) is 4.04. The number of halogens is 2. The molecule has 4 atom stereocenters. The molecule has 0 rings (SSSR count). The first-order valence-electron chi connectivity index (χ1n) is 5.31. The maximum absolute atomic E-state index is 13.1. The lowest BCUT2D eigenvalue weighted by Crippen LogP contribution is -2.21. The van der Waals surface area contributed by atoms with Crippen molar-refractivity contribution in [3.63, 3.8) is 0 Å². The van der Waals surface area contributed by atoms with E-state index in [2.05, 4.69) is 20.8 Å². The van der Waals surface area contributed by atoms with Crippen LogP contribution in [0.25, 0.3) is 0 Å². The molecule has 0 saturated carbocycles. The van der Waals surface area contributed by atoms with E-state index in [1.165, 1.54) is 0 Å². The summed E-state index contributed by atoms with van der Waals surface area (Å²) in [5.74, 6) is 1.17. The minimum atomic E-state index is -0.840. The van der Waals surface area contributed by atoms with Gasteiger partial charge in [0, 0.05) is 0 Å². The molecule has 0 radical (unpaired) electrons. The van der Waals surface area contributed by atoms with Crippen LogP contribution in [0.1, 0.15) is 47.0 Å². The molecule has 0 heterocycles. The second kappa shape index (κ2) is 6.64. The zero-order chi connectivity index (χ0) is 10.4. The van der Waals surface area contributed by atoms with Crippen molar-refractivity contribution in [2.75, 3.05) is 0 Å². The number of rotatable bonds is 6. The zero-order valence-electron chi connectivity index (χ0n) is 9.19. The zero-order valence-corrected chi connectivity index (χ0v) is 9.94. The minimum Gasteiger partial charge on any atom is -0.246 e. The van der Waals surface area contributed by atoms with Crippen LogP contribution in [0.5, 0.6) is 0 Å². The SMILES string of the molecule is CCC(C)[C@H](C)C[C@@H](Cl)C(F)CC. The van der Waals surface area contributed by atoms with E-state index < -0.39 is 6.17 Å². The Balaban J connectivity index is 3.83. The van der Waals surface area contributed by atoms with Gasteiger partial charge in [-0.3, -0.25) is 0 Å². The average Bonchev–Trinajstić information content (AvgIpc) is 2.14. The highest BCUT2D eigenvalue weighted by Gasteiger charge is 2.21. The van der Waals surface area contributed by atoms with E-state index in [1.54, 1.807) is 0 Å². The molecule has 0 bridgehead atoms. The van der Waals surface area contributed by atoms with Crippen molar-refractivity contribution in [2.24, 2.45) is 11.8 Å². The van der Waals surface area contributed by atoms with Crippen LogP contribution in [0.2, 0.25) is 0 Å². The van der Waals surface area contributed by atoms with Gasteiger partial charge in [-0.2, -0.15) is 0 Å². The van der Waals surface area contributed by atoms with Gasteiger partial charge in [-0.15, -0.1) is 11.6 Å². The van der Waals surface area contributed by atoms with E-state index in [4.69, 9.17) is 11.6 Å². The van der Waals surface area contributed by atoms with Gasteiger partial charge in [0.2, 0.25) is 0 Å². The average molecular weight is 209 g/mol. The summed E-state index contributed by atoms with van der Waals surface area (Å²) in [6.07, 6.45) is 1.63. The molecule has 0 aliphatic rings. The lowest BCUT2D eigenvalue weighted by Gasteiger charge is -2.22. The largest absolute Gasteiger partial charge is 0.246 e. The number of alkyl halides is 2. The van der Waals surface area contributed by atoms with Crippen molar-refractivity contribution in [2.45, 2.75) is 58.5 Å². The first kappa shape index (κ1) is 13.2. The maximum Gasteiger partial charge on any atom is 0.116 e. The summed E-state index contributed by atoms with van der Waals surface area (Å²) in [5.41, 5.74) is 0. The lowest BCUT2D eigenvalue weighted by atomic mass is 9.88. The van der Waals surface area contributed by atoms with Crippen LogP contribution in [0.4, 0.5) is 4.39 Å². The van der Waals surface area contributed by atoms with E-state index in [0.717, 1.165) is 12.8 Å². The third-order valence-electron chi connectivity index (χ3n) is 2.99. The molecule has 2 heteroatoms. The van der Waals surface area contributed by atoms with Gasteiger partial charge in [-0.05, 0) is 24.7 Å². The van der Waals surface area contributed by atoms with Crippen LogP contribution in [0.15, 0.2) is 0 Å². The normalized spacial score (nSPS) is 20.8. The summed E-state index contributed by atoms with van der Waals surface area (Å²) in [4.78, 5) is 0. The van der Waals surface area contributed by atoms with Gasteiger partial charge in [0.05, 0.1) is 5.38 Å². The molecule has 0 aliphatic carbocycles. The smallest absolute Gasteiger partial charge is 0.116 e. The summed E-state index contributed by atoms with van der Waals surface area (Å²) in [6, 6.07) is 0. The van der Waals surface area contributed by atoms with Crippen molar-refractivity contribution in [3.8, 4) is 0 Å². The maximum atomic E-state index is 13.1. The van der Waals surface area contributed by atoms with Crippen molar-refractivity contribution < 1.29 is 4.39 Å². The van der Waals surface area contributed by atoms with Gasteiger partial charge >= 0.3 is 0 Å². The second-order valence-corrected chi connectivity index (χ2v) is 4.60. The van der Waals surface area contributed by atoms with Crippen molar-refractivity contribution in [1.29, 1.82) is 0 Å². The summed E-state index contributed by atoms with van der Waals surface area (Å²) < 4.78 is 13.1. The standard InChI is InChI=1S/C11H22ClF/c1-5-8(3)9(4)7-10(12)11(13)6-2/h8-11H,5-7H2,1-4H3/t8?,9-,10-,11?/m1/s1. The summed E-state index contributed by atoms with van der Waals surface area (Å²) in [5, 5.41) is -0.297. The van der Waals surface area contributed by atoms with Crippen LogP contribution in [-0.4, -0.2) is 11.5 Å². The minimum absolute atomic E-state index is 0.297. The topological polar surface area (TPSA) is 0 Å². The van der Waals surface area contributed by atoms with Crippen LogP contribution < -0.4 is 0 Å². The molecule has 0 spiro atoms. The Hall–Kier alpha value is 0.220. The monoisotopic (exact) mass is 208 g/mol. The van der Waals surface area contributed by atoms with Crippen LogP contribution in [0.3, 0.4) is 0 Å². The van der Waals surface area contributed by atoms with Crippen molar-refractivity contribution >= 4 is 11.6 Å². The molecule has 0 aromatic heterocycles. The molecule has 0 saturated heterocycles. The van der Waals surface area contributed by atoms with E-state index in [-0.39, 0.29) is 5.38 Å². The number of hydrogen-bond acceptors (Lipinski definition) is 0. The molecule has 0 nitrogen and oxygen atoms in total. The third-order valence-corrected chi connectivity index (χ3v) is 3.45. The Labute approximate surface area is 86.9 Å². The molecular weight excluding hydrogens is 187 g/mol. The van der Waals surface area contributed by atoms with Crippen LogP contribution in [-0.2, 0) is 0 Å². The quantitative estimate of drug-likeness (QED) is 0.567. The van der Waals surface area contributed by atoms with Gasteiger partial charge in [0.15, 0.2) is 0 Å². The fraction of sp³-hybridized carbons (Fsp3) is 1.00. The Kier molecular flexibility index (Phi) is 6.75. The van der Waals surface area contributed by atoms with Crippen molar-refractivity contribution in [1.82, 2.24) is 0 Å². The molecule has 80 valence electrons. The molecule has 0 N–H and O–H groups in total. The van der Waals surface area contributed by atoms with E-state index in [9.17, 15) is 4.39 Å². The van der Waals surface area contributed by atoms with Crippen LogP contribution in [0, 0.1) is 11.8 Å². The number of hydrogen-bond donors (Lipinski definition) is 0. The first-order valence-corrected chi connectivity index (χ1v) is 5.74. The fourth-order valence-corrected chi connectivity index (χ4v) is 1.85. The fourth-order valence-electron chi connectivity index (χ4n) is 1.39. The van der Waals surface area contributed by atoms with Gasteiger partial charge in [0.25, 0.3) is 0 Å². The molecule has 0 aliphatic heterocycles. The van der Waals surface area contributed by atoms with Gasteiger partial charge < -0.3 is 0 Å². The Morgan fingerprint density at radius 3 is 2.00 bits per heavy atom. The van der Waals surface area contributed by atoms with E-state index in [1.807, 2.05) is 6.92 Å². The van der Waals surface area contributed by atoms with E-state index in [0.29, 0.717) is 18.3 Å². The van der Waals surface area contributed by atoms with Gasteiger partial charge in [-0.1, -0.05) is 34.1 Å². The highest BCUT2D eigenvalue weighted by atomic mass is 35.5. The molecule has 0 amide bonds. The summed E-state index contributed by atoms with van der Waals surface area (Å²) in [6.45, 7) is 8.37. The Bertz CT molecular complexity index is 113. The molecule has 0 aromatic carbocycles. The Morgan fingerprint density at radius 2 is 1.62 bits per heavy atom. The van der Waals surface area contributed by atoms with E-state index >= 15 is 0 Å². The van der Waals surface area contributed by atoms with Gasteiger partial charge in [0.1, 0.15) is 6.17 Å². The predicted molar refractivity (Wildman–Crippen MR) is 58.1 cm³/mol. The summed E-state index contributed by atoms with van der Waals surface area (Å²) in [7, 11) is 0. The summed E-state index contributed by atoms with van der Waals surface area (Å²) >= 11 is 5.95. The highest BCUT2D eigenvalue weighted by molar-refractivity contribution is 6.21. The molecule has 13 heavy (non-hydrogen) atoms. The molecule has 0 aromatic rings. The lowest BCUT2D eigenvalue weighted by molar-refractivity contribution is 0.263. The predicted octanol–water partition coefficient (Wildman–Crippen LogP) is 4.41. The first-order chi connectivity index (χ1) is 6.02. The Morgan fingerprint density at radius 1 is 1.08 bits per heavy atom. The van der Waals surface area contributed by atoms with Crippen molar-refractivity contribution in [3.05, 3.63) is 0 Å². The molecule has 2 unspecified atom stereocenters. The molecular formula is C11H22ClF. The highest BCUT2D eigenvalue weighted by Crippen LogP contribution is 2.25. The van der Waals surface area contributed by atoms with Gasteiger partial charge in [-0.25, -0.2) is 4.39 Å².